The average molecular weight is 252 g/mol. The molecule has 0 saturated heterocycles. The third kappa shape index (κ3) is 2.82. The van der Waals surface area contributed by atoms with Crippen molar-refractivity contribution in [1.82, 2.24) is 9.80 Å². The van der Waals surface area contributed by atoms with Gasteiger partial charge in [0.15, 0.2) is 0 Å². The molecule has 0 aromatic heterocycles. The fraction of sp³-hybridized carbons (Fsp3) is 0.500. The molecule has 0 fully saturated rings. The second-order valence-electron chi connectivity index (χ2n) is 4.08. The van der Waals surface area contributed by atoms with Crippen LogP contribution in [0.2, 0.25) is 0 Å². The van der Waals surface area contributed by atoms with Gasteiger partial charge in [-0.3, -0.25) is 24.1 Å². The van der Waals surface area contributed by atoms with Gasteiger partial charge < -0.3 is 0 Å². The molecule has 0 aromatic carbocycles. The van der Waals surface area contributed by atoms with Gasteiger partial charge in [0.2, 0.25) is 17.7 Å². The first kappa shape index (κ1) is 14.1. The number of hydrogen-bond acceptors (Lipinski definition) is 4. The molecule has 0 radical (unpaired) electrons. The van der Waals surface area contributed by atoms with Gasteiger partial charge in [-0.05, 0) is 12.8 Å². The van der Waals surface area contributed by atoms with Gasteiger partial charge in [0, 0.05) is 27.3 Å². The Labute approximate surface area is 105 Å². The van der Waals surface area contributed by atoms with Crippen molar-refractivity contribution in [1.29, 1.82) is 0 Å². The molecule has 0 N–H and O–H groups in total. The predicted octanol–water partition coefficient (Wildman–Crippen LogP) is 0.434. The van der Waals surface area contributed by atoms with Crippen LogP contribution in [0, 0.1) is 0 Å². The summed E-state index contributed by atoms with van der Waals surface area (Å²) < 4.78 is 0. The topological polar surface area (TPSA) is 74.8 Å². The van der Waals surface area contributed by atoms with Crippen LogP contribution in [-0.2, 0) is 19.2 Å². The van der Waals surface area contributed by atoms with E-state index in [0.29, 0.717) is 19.4 Å². The Morgan fingerprint density at radius 2 is 1.72 bits per heavy atom. The lowest BCUT2D eigenvalue weighted by Crippen LogP contribution is -2.43. The zero-order valence-corrected chi connectivity index (χ0v) is 10.7. The van der Waals surface area contributed by atoms with E-state index in [1.165, 1.54) is 26.8 Å². The van der Waals surface area contributed by atoms with Crippen molar-refractivity contribution >= 4 is 23.6 Å². The number of carbonyl (C=O) groups is 4. The normalized spacial score (nSPS) is 15.8. The molecule has 98 valence electrons. The number of allylic oxidation sites excluding steroid dienone is 1. The number of amides is 4. The lowest BCUT2D eigenvalue weighted by molar-refractivity contribution is -0.148. The summed E-state index contributed by atoms with van der Waals surface area (Å²) in [6.07, 6.45) is 2.70. The van der Waals surface area contributed by atoms with Crippen LogP contribution in [-0.4, -0.2) is 40.0 Å². The van der Waals surface area contributed by atoms with E-state index in [9.17, 15) is 19.2 Å². The molecule has 0 spiro atoms. The number of nitrogens with zero attached hydrogens (tertiary/aromatic N) is 2. The molecule has 0 unspecified atom stereocenters. The zero-order valence-electron chi connectivity index (χ0n) is 10.7. The van der Waals surface area contributed by atoms with Crippen LogP contribution in [0.1, 0.15) is 33.6 Å². The molecule has 1 rings (SSSR count). The van der Waals surface area contributed by atoms with Crippen LogP contribution < -0.4 is 0 Å². The van der Waals surface area contributed by atoms with Crippen molar-refractivity contribution in [2.75, 3.05) is 6.54 Å². The van der Waals surface area contributed by atoms with Gasteiger partial charge in [-0.25, -0.2) is 4.90 Å². The van der Waals surface area contributed by atoms with E-state index in [4.69, 9.17) is 0 Å². The monoisotopic (exact) mass is 252 g/mol. The highest BCUT2D eigenvalue weighted by molar-refractivity contribution is 6.09. The van der Waals surface area contributed by atoms with E-state index in [1.54, 1.807) is 0 Å². The zero-order chi connectivity index (χ0) is 13.9. The largest absolute Gasteiger partial charge is 0.277 e. The van der Waals surface area contributed by atoms with Gasteiger partial charge in [-0.2, -0.15) is 0 Å². The number of rotatable bonds is 1. The van der Waals surface area contributed by atoms with Gasteiger partial charge in [0.1, 0.15) is 5.70 Å². The first-order valence-electron chi connectivity index (χ1n) is 5.70. The molecule has 1 heterocycles. The quantitative estimate of drug-likeness (QED) is 0.678. The van der Waals surface area contributed by atoms with Crippen molar-refractivity contribution in [3.8, 4) is 0 Å². The minimum Gasteiger partial charge on any atom is -0.277 e. The molecule has 0 bridgehead atoms. The van der Waals surface area contributed by atoms with E-state index in [2.05, 4.69) is 0 Å². The number of imide groups is 2. The summed E-state index contributed by atoms with van der Waals surface area (Å²) in [4.78, 5) is 48.2. The Hall–Kier alpha value is -1.98. The van der Waals surface area contributed by atoms with Crippen LogP contribution in [0.4, 0.5) is 0 Å². The second kappa shape index (κ2) is 5.57. The Bertz CT molecular complexity index is 425. The molecule has 6 heteroatoms. The van der Waals surface area contributed by atoms with E-state index < -0.39 is 17.7 Å². The standard InChI is InChI=1S/C12H16N2O4/c1-8(15)13-7-5-4-6-11(12(13)18)14(9(2)16)10(3)17/h6H,4-5,7H2,1-3H3. The van der Waals surface area contributed by atoms with Crippen LogP contribution in [0.15, 0.2) is 11.8 Å². The Morgan fingerprint density at radius 3 is 2.17 bits per heavy atom. The lowest BCUT2D eigenvalue weighted by Gasteiger charge is -2.23. The van der Waals surface area contributed by atoms with E-state index >= 15 is 0 Å². The maximum absolute atomic E-state index is 12.1. The Morgan fingerprint density at radius 1 is 1.17 bits per heavy atom. The summed E-state index contributed by atoms with van der Waals surface area (Å²) >= 11 is 0. The lowest BCUT2D eigenvalue weighted by atomic mass is 10.2. The van der Waals surface area contributed by atoms with E-state index in [1.807, 2.05) is 0 Å². The van der Waals surface area contributed by atoms with Crippen molar-refractivity contribution in [3.05, 3.63) is 11.8 Å². The van der Waals surface area contributed by atoms with Gasteiger partial charge in [0.25, 0.3) is 5.91 Å². The van der Waals surface area contributed by atoms with Crippen molar-refractivity contribution in [2.45, 2.75) is 33.6 Å². The summed E-state index contributed by atoms with van der Waals surface area (Å²) in [5.74, 6) is -2.05. The molecule has 4 amide bonds. The second-order valence-corrected chi connectivity index (χ2v) is 4.08. The van der Waals surface area contributed by atoms with Crippen molar-refractivity contribution in [3.63, 3.8) is 0 Å². The maximum atomic E-state index is 12.1. The molecule has 1 aliphatic rings. The summed E-state index contributed by atoms with van der Waals surface area (Å²) in [5, 5.41) is 0. The first-order valence-corrected chi connectivity index (χ1v) is 5.70. The third-order valence-corrected chi connectivity index (χ3v) is 2.64. The van der Waals surface area contributed by atoms with E-state index in [-0.39, 0.29) is 11.6 Å². The minimum absolute atomic E-state index is 0.0253. The first-order chi connectivity index (χ1) is 8.36. The maximum Gasteiger partial charge on any atom is 0.277 e. The minimum atomic E-state index is -0.592. The van der Waals surface area contributed by atoms with Gasteiger partial charge in [-0.15, -0.1) is 0 Å². The van der Waals surface area contributed by atoms with Gasteiger partial charge >= 0.3 is 0 Å². The SMILES string of the molecule is CC(=O)N1CCCC=C(N(C(C)=O)C(C)=O)C1=O. The van der Waals surface area contributed by atoms with Crippen LogP contribution in [0.5, 0.6) is 0 Å². The summed E-state index contributed by atoms with van der Waals surface area (Å²) in [5.41, 5.74) is -0.0253. The molecule has 18 heavy (non-hydrogen) atoms. The highest BCUT2D eigenvalue weighted by Gasteiger charge is 2.31. The van der Waals surface area contributed by atoms with Crippen molar-refractivity contribution < 1.29 is 19.2 Å². The molecule has 0 saturated carbocycles. The number of carbonyl (C=O) groups excluding carboxylic acids is 4. The molecule has 1 aliphatic heterocycles. The molecule has 0 atom stereocenters. The predicted molar refractivity (Wildman–Crippen MR) is 62.9 cm³/mol. The highest BCUT2D eigenvalue weighted by Crippen LogP contribution is 2.16. The molecular weight excluding hydrogens is 236 g/mol. The molecule has 0 aliphatic carbocycles. The highest BCUT2D eigenvalue weighted by atomic mass is 16.2. The van der Waals surface area contributed by atoms with E-state index in [0.717, 1.165) is 9.80 Å². The summed E-state index contributed by atoms with van der Waals surface area (Å²) in [6, 6.07) is 0. The Kier molecular flexibility index (Phi) is 4.36. The fourth-order valence-corrected chi connectivity index (χ4v) is 1.86. The number of hydrogen-bond donors (Lipinski definition) is 0. The Balaban J connectivity index is 3.15. The molecule has 0 aromatic rings. The van der Waals surface area contributed by atoms with Crippen LogP contribution >= 0.6 is 0 Å². The molecular formula is C12H16N2O4. The van der Waals surface area contributed by atoms with Crippen LogP contribution in [0.25, 0.3) is 0 Å². The summed E-state index contributed by atoms with van der Waals surface area (Å²) in [7, 11) is 0. The van der Waals surface area contributed by atoms with Gasteiger partial charge in [0.05, 0.1) is 0 Å². The average Bonchev–Trinajstić information content (AvgIpc) is 2.41. The molecule has 6 nitrogen and oxygen atoms in total. The third-order valence-electron chi connectivity index (χ3n) is 2.64. The van der Waals surface area contributed by atoms with Gasteiger partial charge in [-0.1, -0.05) is 6.08 Å². The smallest absolute Gasteiger partial charge is 0.277 e. The fourth-order valence-electron chi connectivity index (χ4n) is 1.86. The van der Waals surface area contributed by atoms with Crippen molar-refractivity contribution in [2.24, 2.45) is 0 Å². The summed E-state index contributed by atoms with van der Waals surface area (Å²) in [6.45, 7) is 4.00. The van der Waals surface area contributed by atoms with Crippen LogP contribution in [0.3, 0.4) is 0 Å².